The number of carbonyl (C=O) groups is 1. The lowest BCUT2D eigenvalue weighted by Gasteiger charge is -2.36. The summed E-state index contributed by atoms with van der Waals surface area (Å²) in [5.41, 5.74) is 4.00. The molecule has 32 heavy (non-hydrogen) atoms. The molecule has 2 aromatic carbocycles. The highest BCUT2D eigenvalue weighted by molar-refractivity contribution is 5.89. The number of fused-ring (bicyclic) bond motifs is 1. The summed E-state index contributed by atoms with van der Waals surface area (Å²) in [7, 11) is 0. The number of nitrogens with zero attached hydrogens (tertiary/aromatic N) is 4. The predicted molar refractivity (Wildman–Crippen MR) is 128 cm³/mol. The Bertz CT molecular complexity index is 1080. The lowest BCUT2D eigenvalue weighted by molar-refractivity contribution is 0.206. The molecule has 6 heteroatoms. The van der Waals surface area contributed by atoms with Gasteiger partial charge in [0, 0.05) is 42.9 Å². The number of anilines is 2. The SMILES string of the molecule is CC1CCN(c2nc(-c3ccccc3)nc3c2CN(C(=O)Nc2ccccc2)CC3)CC1. The van der Waals surface area contributed by atoms with Crippen molar-refractivity contribution in [1.82, 2.24) is 14.9 Å². The lowest BCUT2D eigenvalue weighted by atomic mass is 9.98. The zero-order chi connectivity index (χ0) is 21.9. The number of aromatic nitrogens is 2. The van der Waals surface area contributed by atoms with Gasteiger partial charge in [0.1, 0.15) is 5.82 Å². The van der Waals surface area contributed by atoms with Crippen LogP contribution in [0.25, 0.3) is 11.4 Å². The van der Waals surface area contributed by atoms with Crippen LogP contribution in [-0.2, 0) is 13.0 Å². The number of carbonyl (C=O) groups excluding carboxylic acids is 1. The molecule has 6 nitrogen and oxygen atoms in total. The number of hydrogen-bond acceptors (Lipinski definition) is 4. The first-order chi connectivity index (χ1) is 15.7. The highest BCUT2D eigenvalue weighted by atomic mass is 16.2. The number of para-hydroxylation sites is 1. The smallest absolute Gasteiger partial charge is 0.322 e. The van der Waals surface area contributed by atoms with E-state index in [9.17, 15) is 4.79 Å². The molecule has 0 spiro atoms. The fourth-order valence-corrected chi connectivity index (χ4v) is 4.49. The molecule has 164 valence electrons. The molecule has 0 atom stereocenters. The Labute approximate surface area is 189 Å². The van der Waals surface area contributed by atoms with Crippen LogP contribution in [0, 0.1) is 5.92 Å². The van der Waals surface area contributed by atoms with E-state index in [1.54, 1.807) is 0 Å². The molecule has 0 aliphatic carbocycles. The van der Waals surface area contributed by atoms with Gasteiger partial charge in [-0.3, -0.25) is 0 Å². The van der Waals surface area contributed by atoms with Gasteiger partial charge in [-0.1, -0.05) is 55.5 Å². The van der Waals surface area contributed by atoms with E-state index in [0.717, 1.165) is 72.4 Å². The van der Waals surface area contributed by atoms with Crippen molar-refractivity contribution in [3.8, 4) is 11.4 Å². The summed E-state index contributed by atoms with van der Waals surface area (Å²) in [5.74, 6) is 2.52. The Morgan fingerprint density at radius 2 is 1.62 bits per heavy atom. The molecular formula is C26H29N5O. The molecular weight excluding hydrogens is 398 g/mol. The summed E-state index contributed by atoms with van der Waals surface area (Å²) < 4.78 is 0. The van der Waals surface area contributed by atoms with Crippen molar-refractivity contribution in [2.75, 3.05) is 29.9 Å². The van der Waals surface area contributed by atoms with Crippen LogP contribution in [0.2, 0.25) is 0 Å². The lowest BCUT2D eigenvalue weighted by Crippen LogP contribution is -2.41. The Kier molecular flexibility index (Phi) is 5.75. The van der Waals surface area contributed by atoms with E-state index in [2.05, 4.69) is 29.3 Å². The molecule has 2 aliphatic heterocycles. The fraction of sp³-hybridized carbons (Fsp3) is 0.346. The minimum absolute atomic E-state index is 0.0767. The third-order valence-electron chi connectivity index (χ3n) is 6.47. The van der Waals surface area contributed by atoms with Crippen LogP contribution in [0.15, 0.2) is 60.7 Å². The van der Waals surface area contributed by atoms with Gasteiger partial charge in [0.2, 0.25) is 0 Å². The summed E-state index contributed by atoms with van der Waals surface area (Å²) in [6.07, 6.45) is 3.06. The monoisotopic (exact) mass is 427 g/mol. The van der Waals surface area contributed by atoms with E-state index in [-0.39, 0.29) is 6.03 Å². The Balaban J connectivity index is 1.46. The number of nitrogens with one attached hydrogen (secondary N) is 1. The first-order valence-electron chi connectivity index (χ1n) is 11.5. The maximum absolute atomic E-state index is 13.0. The zero-order valence-corrected chi connectivity index (χ0v) is 18.5. The molecule has 2 aliphatic rings. The number of piperidine rings is 1. The fourth-order valence-electron chi connectivity index (χ4n) is 4.49. The number of rotatable bonds is 3. The van der Waals surface area contributed by atoms with Crippen molar-refractivity contribution < 1.29 is 4.79 Å². The van der Waals surface area contributed by atoms with Gasteiger partial charge >= 0.3 is 6.03 Å². The van der Waals surface area contributed by atoms with Crippen LogP contribution in [-0.4, -0.2) is 40.5 Å². The summed E-state index contributed by atoms with van der Waals surface area (Å²) in [6.45, 7) is 5.49. The van der Waals surface area contributed by atoms with Gasteiger partial charge < -0.3 is 15.1 Å². The quantitative estimate of drug-likeness (QED) is 0.641. The molecule has 2 amide bonds. The molecule has 1 N–H and O–H groups in total. The number of urea groups is 1. The van der Waals surface area contributed by atoms with E-state index < -0.39 is 0 Å². The van der Waals surface area contributed by atoms with Crippen molar-refractivity contribution in [2.24, 2.45) is 5.92 Å². The molecule has 0 unspecified atom stereocenters. The van der Waals surface area contributed by atoms with Crippen LogP contribution in [0.4, 0.5) is 16.3 Å². The Morgan fingerprint density at radius 1 is 0.938 bits per heavy atom. The molecule has 1 fully saturated rings. The van der Waals surface area contributed by atoms with Crippen molar-refractivity contribution in [1.29, 1.82) is 0 Å². The number of hydrogen-bond donors (Lipinski definition) is 1. The normalized spacial score (nSPS) is 16.5. The van der Waals surface area contributed by atoms with Gasteiger partial charge in [0.25, 0.3) is 0 Å². The minimum Gasteiger partial charge on any atom is -0.356 e. The first-order valence-corrected chi connectivity index (χ1v) is 11.5. The maximum Gasteiger partial charge on any atom is 0.322 e. The van der Waals surface area contributed by atoms with Crippen molar-refractivity contribution >= 4 is 17.5 Å². The molecule has 3 heterocycles. The average Bonchev–Trinajstić information content (AvgIpc) is 2.85. The third-order valence-corrected chi connectivity index (χ3v) is 6.47. The number of amides is 2. The van der Waals surface area contributed by atoms with E-state index in [1.165, 1.54) is 0 Å². The number of benzene rings is 2. The van der Waals surface area contributed by atoms with Gasteiger partial charge in [0.05, 0.1) is 12.2 Å². The van der Waals surface area contributed by atoms with Crippen LogP contribution >= 0.6 is 0 Å². The van der Waals surface area contributed by atoms with Gasteiger partial charge in [0.15, 0.2) is 5.82 Å². The topological polar surface area (TPSA) is 61.4 Å². The predicted octanol–water partition coefficient (Wildman–Crippen LogP) is 4.97. The minimum atomic E-state index is -0.0767. The molecule has 0 bridgehead atoms. The second kappa shape index (κ2) is 8.99. The van der Waals surface area contributed by atoms with Gasteiger partial charge in [-0.25, -0.2) is 14.8 Å². The molecule has 0 radical (unpaired) electrons. The summed E-state index contributed by atoms with van der Waals surface area (Å²) >= 11 is 0. The van der Waals surface area contributed by atoms with Crippen molar-refractivity contribution in [3.05, 3.63) is 71.9 Å². The highest BCUT2D eigenvalue weighted by Crippen LogP contribution is 2.32. The average molecular weight is 428 g/mol. The second-order valence-corrected chi connectivity index (χ2v) is 8.80. The summed E-state index contributed by atoms with van der Waals surface area (Å²) in [5, 5.41) is 3.02. The Morgan fingerprint density at radius 3 is 2.34 bits per heavy atom. The van der Waals surface area contributed by atoms with Crippen LogP contribution in [0.1, 0.15) is 31.0 Å². The van der Waals surface area contributed by atoms with E-state index in [0.29, 0.717) is 13.1 Å². The van der Waals surface area contributed by atoms with Crippen LogP contribution in [0.3, 0.4) is 0 Å². The molecule has 0 saturated carbocycles. The van der Waals surface area contributed by atoms with Gasteiger partial charge in [-0.05, 0) is 30.9 Å². The van der Waals surface area contributed by atoms with Gasteiger partial charge in [-0.2, -0.15) is 0 Å². The largest absolute Gasteiger partial charge is 0.356 e. The molecule has 1 saturated heterocycles. The zero-order valence-electron chi connectivity index (χ0n) is 18.5. The second-order valence-electron chi connectivity index (χ2n) is 8.80. The maximum atomic E-state index is 13.0. The standard InChI is InChI=1S/C26H29N5O/c1-19-12-15-30(16-13-19)25-22-18-31(26(32)27-21-10-6-3-7-11-21)17-14-23(22)28-24(29-25)20-8-4-2-5-9-20/h2-11,19H,12-18H2,1H3,(H,27,32). The van der Waals surface area contributed by atoms with Crippen molar-refractivity contribution in [2.45, 2.75) is 32.7 Å². The highest BCUT2D eigenvalue weighted by Gasteiger charge is 2.29. The van der Waals surface area contributed by atoms with Crippen molar-refractivity contribution in [3.63, 3.8) is 0 Å². The first kappa shape index (κ1) is 20.5. The molecule has 3 aromatic rings. The molecule has 1 aromatic heterocycles. The van der Waals surface area contributed by atoms with E-state index in [4.69, 9.17) is 9.97 Å². The van der Waals surface area contributed by atoms with Crippen LogP contribution < -0.4 is 10.2 Å². The van der Waals surface area contributed by atoms with E-state index >= 15 is 0 Å². The Hall–Kier alpha value is -3.41. The summed E-state index contributed by atoms with van der Waals surface area (Å²) in [4.78, 5) is 27.2. The summed E-state index contributed by atoms with van der Waals surface area (Å²) in [6, 6.07) is 19.7. The third kappa shape index (κ3) is 4.31. The van der Waals surface area contributed by atoms with Crippen LogP contribution in [0.5, 0.6) is 0 Å². The van der Waals surface area contributed by atoms with Gasteiger partial charge in [-0.15, -0.1) is 0 Å². The van der Waals surface area contributed by atoms with E-state index in [1.807, 2.05) is 53.4 Å². The molecule has 5 rings (SSSR count).